The molecular weight excluding hydrogens is 489 g/mol. The lowest BCUT2D eigenvalue weighted by molar-refractivity contribution is 0.0576. The first-order valence-corrected chi connectivity index (χ1v) is 12.8. The number of hydrogen-bond donors (Lipinski definition) is 0. The molecule has 0 amide bonds. The van der Waals surface area contributed by atoms with Crippen LogP contribution in [-0.2, 0) is 11.3 Å². The molecule has 1 aromatic heterocycles. The number of esters is 1. The molecule has 2 fully saturated rings. The Bertz CT molecular complexity index is 1060. The summed E-state index contributed by atoms with van der Waals surface area (Å²) in [4.78, 5) is 34.6. The van der Waals surface area contributed by atoms with Crippen molar-refractivity contribution in [2.75, 3.05) is 44.7 Å². The number of halogens is 2. The van der Waals surface area contributed by atoms with E-state index in [0.29, 0.717) is 34.2 Å². The summed E-state index contributed by atoms with van der Waals surface area (Å²) >= 11 is 12.5. The van der Waals surface area contributed by atoms with Gasteiger partial charge in [-0.1, -0.05) is 36.2 Å². The average Bonchev–Trinajstić information content (AvgIpc) is 2.89. The normalized spacial score (nSPS) is 20.1. The molecule has 10 heteroatoms. The fraction of sp³-hybridized carbons (Fsp3) is 0.520. The Morgan fingerprint density at radius 3 is 2.60 bits per heavy atom. The number of anilines is 1. The molecule has 1 atom stereocenters. The predicted molar refractivity (Wildman–Crippen MR) is 139 cm³/mol. The average molecular weight is 520 g/mol. The Morgan fingerprint density at radius 1 is 1.17 bits per heavy atom. The monoisotopic (exact) mass is 519 g/mol. The number of benzene rings is 1. The summed E-state index contributed by atoms with van der Waals surface area (Å²) in [6, 6.07) is 7.94. The van der Waals surface area contributed by atoms with Crippen molar-refractivity contribution >= 4 is 40.7 Å². The molecule has 0 radical (unpaired) electrons. The Labute approximate surface area is 216 Å². The first-order chi connectivity index (χ1) is 16.9. The topological polar surface area (TPSA) is 78.3 Å². The summed E-state index contributed by atoms with van der Waals surface area (Å²) in [6.45, 7) is 7.50. The van der Waals surface area contributed by atoms with Crippen LogP contribution in [0, 0.1) is 4.91 Å². The summed E-state index contributed by atoms with van der Waals surface area (Å²) in [5.74, 6) is 0.365. The van der Waals surface area contributed by atoms with Crippen LogP contribution in [0.5, 0.6) is 0 Å². The number of ether oxygens (including phenoxy) is 1. The summed E-state index contributed by atoms with van der Waals surface area (Å²) in [5, 5.41) is 3.92. The van der Waals surface area contributed by atoms with E-state index in [1.807, 2.05) is 12.1 Å². The minimum atomic E-state index is -0.354. The maximum Gasteiger partial charge on any atom is 0.338 e. The van der Waals surface area contributed by atoms with E-state index >= 15 is 0 Å². The molecule has 0 aliphatic carbocycles. The molecular formula is C25H31Cl2N5O3. The van der Waals surface area contributed by atoms with E-state index in [0.717, 1.165) is 63.4 Å². The second kappa shape index (κ2) is 11.6. The Balaban J connectivity index is 1.36. The largest absolute Gasteiger partial charge is 0.465 e. The Kier molecular flexibility index (Phi) is 8.59. The molecule has 4 rings (SSSR count). The zero-order valence-electron chi connectivity index (χ0n) is 20.1. The lowest BCUT2D eigenvalue weighted by Gasteiger charge is -2.47. The smallest absolute Gasteiger partial charge is 0.338 e. The highest BCUT2D eigenvalue weighted by molar-refractivity contribution is 6.33. The first-order valence-electron chi connectivity index (χ1n) is 12.0. The van der Waals surface area contributed by atoms with E-state index in [2.05, 4.69) is 31.8 Å². The van der Waals surface area contributed by atoms with Gasteiger partial charge in [0, 0.05) is 43.3 Å². The van der Waals surface area contributed by atoms with Crippen molar-refractivity contribution in [1.29, 1.82) is 0 Å². The van der Waals surface area contributed by atoms with E-state index in [4.69, 9.17) is 27.9 Å². The lowest BCUT2D eigenvalue weighted by Crippen LogP contribution is -2.58. The number of likely N-dealkylation sites (tertiary alicyclic amines) is 1. The van der Waals surface area contributed by atoms with Gasteiger partial charge in [-0.25, -0.2) is 9.78 Å². The van der Waals surface area contributed by atoms with E-state index in [1.54, 1.807) is 12.1 Å². The molecule has 2 aliphatic rings. The fourth-order valence-corrected chi connectivity index (χ4v) is 5.70. The zero-order chi connectivity index (χ0) is 24.9. The summed E-state index contributed by atoms with van der Waals surface area (Å²) in [5.41, 5.74) is 1.72. The maximum absolute atomic E-state index is 12.2. The molecule has 1 aromatic carbocycles. The van der Waals surface area contributed by atoms with Crippen molar-refractivity contribution in [2.24, 2.45) is 5.18 Å². The highest BCUT2D eigenvalue weighted by Gasteiger charge is 2.34. The van der Waals surface area contributed by atoms with Gasteiger partial charge < -0.3 is 9.64 Å². The molecule has 35 heavy (non-hydrogen) atoms. The van der Waals surface area contributed by atoms with Crippen molar-refractivity contribution in [3.05, 3.63) is 56.5 Å². The summed E-state index contributed by atoms with van der Waals surface area (Å²) < 4.78 is 4.94. The third-order valence-electron chi connectivity index (χ3n) is 7.11. The number of nitrogens with zero attached hydrogens (tertiary/aromatic N) is 5. The van der Waals surface area contributed by atoms with Crippen LogP contribution >= 0.6 is 23.2 Å². The van der Waals surface area contributed by atoms with Gasteiger partial charge in [-0.05, 0) is 61.3 Å². The van der Waals surface area contributed by atoms with E-state index in [9.17, 15) is 9.70 Å². The van der Waals surface area contributed by atoms with Gasteiger partial charge in [0.1, 0.15) is 11.5 Å². The number of aromatic nitrogens is 1. The lowest BCUT2D eigenvalue weighted by atomic mass is 9.97. The molecule has 0 saturated carbocycles. The Hall–Kier alpha value is -2.26. The van der Waals surface area contributed by atoms with Crippen LogP contribution in [0.4, 0.5) is 11.5 Å². The zero-order valence-corrected chi connectivity index (χ0v) is 21.6. The molecule has 8 nitrogen and oxygen atoms in total. The van der Waals surface area contributed by atoms with E-state index < -0.39 is 0 Å². The highest BCUT2D eigenvalue weighted by atomic mass is 35.5. The molecule has 0 bridgehead atoms. The van der Waals surface area contributed by atoms with Crippen molar-refractivity contribution in [2.45, 2.75) is 44.8 Å². The van der Waals surface area contributed by atoms with Gasteiger partial charge in [0.25, 0.3) is 0 Å². The summed E-state index contributed by atoms with van der Waals surface area (Å²) in [7, 11) is 1.39. The third kappa shape index (κ3) is 5.94. The van der Waals surface area contributed by atoms with Crippen LogP contribution in [0.3, 0.4) is 0 Å². The van der Waals surface area contributed by atoms with Gasteiger partial charge in [-0.3, -0.25) is 9.80 Å². The summed E-state index contributed by atoms with van der Waals surface area (Å²) in [6.07, 6.45) is 4.67. The number of nitroso groups, excluding NO2 is 1. The van der Waals surface area contributed by atoms with Gasteiger partial charge >= 0.3 is 5.97 Å². The number of piperidine rings is 1. The molecule has 188 valence electrons. The number of piperazine rings is 1. The second-order valence-electron chi connectivity index (χ2n) is 9.14. The Morgan fingerprint density at radius 2 is 1.94 bits per heavy atom. The quantitative estimate of drug-likeness (QED) is 0.370. The second-order valence-corrected chi connectivity index (χ2v) is 9.98. The number of hydrogen-bond acceptors (Lipinski definition) is 8. The number of rotatable bonds is 7. The third-order valence-corrected chi connectivity index (χ3v) is 7.62. The van der Waals surface area contributed by atoms with Gasteiger partial charge in [0.2, 0.25) is 0 Å². The predicted octanol–water partition coefficient (Wildman–Crippen LogP) is 5.14. The van der Waals surface area contributed by atoms with Crippen LogP contribution in [0.1, 0.15) is 42.1 Å². The molecule has 0 N–H and O–H groups in total. The van der Waals surface area contributed by atoms with Crippen molar-refractivity contribution < 1.29 is 9.53 Å². The fourth-order valence-electron chi connectivity index (χ4n) is 5.25. The van der Waals surface area contributed by atoms with E-state index in [1.165, 1.54) is 13.3 Å². The van der Waals surface area contributed by atoms with Crippen molar-refractivity contribution in [3.63, 3.8) is 0 Å². The van der Waals surface area contributed by atoms with Crippen LogP contribution in [-0.4, -0.2) is 72.7 Å². The van der Waals surface area contributed by atoms with Gasteiger partial charge in [-0.15, -0.1) is 4.91 Å². The minimum absolute atomic E-state index is 0.244. The number of carbonyl (C=O) groups excluding carboxylic acids is 1. The number of pyridine rings is 1. The van der Waals surface area contributed by atoms with E-state index in [-0.39, 0.29) is 11.7 Å². The van der Waals surface area contributed by atoms with Crippen LogP contribution in [0.15, 0.2) is 35.6 Å². The van der Waals surface area contributed by atoms with Crippen LogP contribution in [0.2, 0.25) is 10.0 Å². The number of methoxy groups -OCH3 is 1. The SMILES string of the molecule is CCC1CN(c2ncc(N=O)cc2Cl)CCN1C1CCN(Cc2ccc(Cl)cc2C(=O)OC)CC1. The highest BCUT2D eigenvalue weighted by Crippen LogP contribution is 2.31. The molecule has 1 unspecified atom stereocenters. The minimum Gasteiger partial charge on any atom is -0.465 e. The standard InChI is InChI=1S/C25H31Cl2N5O3/c1-3-20-16-31(24-23(27)13-19(29-34)14-28-24)10-11-32(20)21-6-8-30(9-7-21)15-17-4-5-18(26)12-22(17)25(33)35-2/h4-5,12-14,20-21H,3,6-11,15-16H2,1-2H3. The van der Waals surface area contributed by atoms with Gasteiger partial charge in [0.15, 0.2) is 0 Å². The van der Waals surface area contributed by atoms with Crippen LogP contribution in [0.25, 0.3) is 0 Å². The molecule has 2 saturated heterocycles. The molecule has 2 aliphatic heterocycles. The maximum atomic E-state index is 12.2. The van der Waals surface area contributed by atoms with Crippen molar-refractivity contribution in [1.82, 2.24) is 14.8 Å². The first kappa shape index (κ1) is 25.8. The number of carbonyl (C=O) groups is 1. The van der Waals surface area contributed by atoms with Crippen LogP contribution < -0.4 is 4.90 Å². The molecule has 2 aromatic rings. The van der Waals surface area contributed by atoms with Crippen molar-refractivity contribution in [3.8, 4) is 0 Å². The van der Waals surface area contributed by atoms with Gasteiger partial charge in [0.05, 0.1) is 23.9 Å². The van der Waals surface area contributed by atoms with Gasteiger partial charge in [-0.2, -0.15) is 0 Å². The molecule has 0 spiro atoms. The molecule has 3 heterocycles.